The van der Waals surface area contributed by atoms with Crippen molar-refractivity contribution in [2.45, 2.75) is 19.3 Å². The van der Waals surface area contributed by atoms with E-state index in [0.717, 1.165) is 17.2 Å². The van der Waals surface area contributed by atoms with E-state index in [2.05, 4.69) is 11.9 Å². The first-order valence-electron chi connectivity index (χ1n) is 4.96. The molecular formula is C11H14N2OS. The third kappa shape index (κ3) is 2.46. The summed E-state index contributed by atoms with van der Waals surface area (Å²) in [5.41, 5.74) is 5.61. The predicted octanol–water partition coefficient (Wildman–Crippen LogP) is 2.39. The fraction of sp³-hybridized carbons (Fsp3) is 0.364. The van der Waals surface area contributed by atoms with E-state index in [-0.39, 0.29) is 0 Å². The molecular weight excluding hydrogens is 208 g/mol. The van der Waals surface area contributed by atoms with Crippen molar-refractivity contribution in [1.29, 1.82) is 0 Å². The van der Waals surface area contributed by atoms with Gasteiger partial charge in [0.1, 0.15) is 10.8 Å². The summed E-state index contributed by atoms with van der Waals surface area (Å²) in [6, 6.07) is 3.86. The van der Waals surface area contributed by atoms with Crippen LogP contribution in [0.3, 0.4) is 0 Å². The van der Waals surface area contributed by atoms with Crippen LogP contribution in [-0.4, -0.2) is 11.5 Å². The normalized spacial score (nSPS) is 12.9. The minimum absolute atomic E-state index is 0.396. The van der Waals surface area contributed by atoms with Crippen molar-refractivity contribution in [3.63, 3.8) is 0 Å². The second-order valence-corrected chi connectivity index (χ2v) is 4.70. The third-order valence-corrected chi connectivity index (χ3v) is 3.55. The molecule has 2 heterocycles. The average molecular weight is 222 g/mol. The molecule has 4 heteroatoms. The summed E-state index contributed by atoms with van der Waals surface area (Å²) in [4.78, 5) is 5.61. The van der Waals surface area contributed by atoms with Crippen molar-refractivity contribution >= 4 is 11.3 Å². The second-order valence-electron chi connectivity index (χ2n) is 3.55. The van der Waals surface area contributed by atoms with E-state index in [9.17, 15) is 0 Å². The molecule has 0 saturated carbocycles. The molecule has 3 nitrogen and oxygen atoms in total. The first kappa shape index (κ1) is 10.4. The van der Waals surface area contributed by atoms with Crippen LogP contribution in [0.25, 0.3) is 0 Å². The van der Waals surface area contributed by atoms with Crippen LogP contribution in [0.2, 0.25) is 0 Å². The van der Waals surface area contributed by atoms with Crippen molar-refractivity contribution < 1.29 is 4.42 Å². The Morgan fingerprint density at radius 1 is 1.60 bits per heavy atom. The third-order valence-electron chi connectivity index (χ3n) is 2.32. The highest BCUT2D eigenvalue weighted by atomic mass is 32.1. The lowest BCUT2D eigenvalue weighted by atomic mass is 10.2. The van der Waals surface area contributed by atoms with E-state index in [4.69, 9.17) is 10.2 Å². The maximum absolute atomic E-state index is 5.61. The maximum atomic E-state index is 5.61. The Morgan fingerprint density at radius 3 is 3.13 bits per heavy atom. The molecule has 80 valence electrons. The van der Waals surface area contributed by atoms with Gasteiger partial charge in [-0.3, -0.25) is 0 Å². The van der Waals surface area contributed by atoms with E-state index in [0.29, 0.717) is 12.5 Å². The first-order valence-corrected chi connectivity index (χ1v) is 5.78. The fourth-order valence-corrected chi connectivity index (χ4v) is 2.31. The monoisotopic (exact) mass is 222 g/mol. The number of furan rings is 1. The topological polar surface area (TPSA) is 52.0 Å². The van der Waals surface area contributed by atoms with Gasteiger partial charge in [0.2, 0.25) is 0 Å². The SMILES string of the molecule is CC(CN)c1cnc(Cc2ccco2)s1. The Morgan fingerprint density at radius 2 is 2.47 bits per heavy atom. The van der Waals surface area contributed by atoms with Crippen LogP contribution < -0.4 is 5.73 Å². The van der Waals surface area contributed by atoms with Crippen LogP contribution in [-0.2, 0) is 6.42 Å². The zero-order valence-electron chi connectivity index (χ0n) is 8.64. The summed E-state index contributed by atoms with van der Waals surface area (Å²) in [7, 11) is 0. The highest BCUT2D eigenvalue weighted by Crippen LogP contribution is 2.23. The number of nitrogens with zero attached hydrogens (tertiary/aromatic N) is 1. The zero-order chi connectivity index (χ0) is 10.7. The second kappa shape index (κ2) is 4.59. The largest absolute Gasteiger partial charge is 0.469 e. The van der Waals surface area contributed by atoms with Gasteiger partial charge in [-0.2, -0.15) is 0 Å². The highest BCUT2D eigenvalue weighted by molar-refractivity contribution is 7.11. The smallest absolute Gasteiger partial charge is 0.110 e. The van der Waals surface area contributed by atoms with Crippen LogP contribution in [0, 0.1) is 0 Å². The van der Waals surface area contributed by atoms with Crippen molar-refractivity contribution in [3.8, 4) is 0 Å². The number of hydrogen-bond donors (Lipinski definition) is 1. The van der Waals surface area contributed by atoms with Gasteiger partial charge >= 0.3 is 0 Å². The Balaban J connectivity index is 2.07. The summed E-state index contributed by atoms with van der Waals surface area (Å²) in [6.45, 7) is 2.78. The molecule has 1 atom stereocenters. The number of thiazole rings is 1. The van der Waals surface area contributed by atoms with Gasteiger partial charge in [-0.25, -0.2) is 4.98 Å². The molecule has 0 bridgehead atoms. The van der Waals surface area contributed by atoms with Gasteiger partial charge in [0.15, 0.2) is 0 Å². The molecule has 0 aromatic carbocycles. The molecule has 2 rings (SSSR count). The van der Waals surface area contributed by atoms with Crippen LogP contribution in [0.1, 0.15) is 28.5 Å². The molecule has 2 aromatic heterocycles. The van der Waals surface area contributed by atoms with Gasteiger partial charge in [0.25, 0.3) is 0 Å². The van der Waals surface area contributed by atoms with Gasteiger partial charge in [-0.05, 0) is 18.7 Å². The molecule has 0 spiro atoms. The summed E-state index contributed by atoms with van der Waals surface area (Å²) < 4.78 is 5.28. The Hall–Kier alpha value is -1.13. The minimum atomic E-state index is 0.396. The van der Waals surface area contributed by atoms with Crippen LogP contribution in [0.4, 0.5) is 0 Å². The quantitative estimate of drug-likeness (QED) is 0.864. The molecule has 0 aliphatic rings. The summed E-state index contributed by atoms with van der Waals surface area (Å²) in [5, 5.41) is 1.08. The number of aromatic nitrogens is 1. The summed E-state index contributed by atoms with van der Waals surface area (Å²) >= 11 is 1.71. The fourth-order valence-electron chi connectivity index (χ4n) is 1.31. The highest BCUT2D eigenvalue weighted by Gasteiger charge is 2.09. The van der Waals surface area contributed by atoms with Gasteiger partial charge in [-0.15, -0.1) is 11.3 Å². The number of hydrogen-bond acceptors (Lipinski definition) is 4. The van der Waals surface area contributed by atoms with E-state index in [1.807, 2.05) is 18.3 Å². The van der Waals surface area contributed by atoms with Crippen molar-refractivity contribution in [2.75, 3.05) is 6.54 Å². The van der Waals surface area contributed by atoms with E-state index < -0.39 is 0 Å². The van der Waals surface area contributed by atoms with Gasteiger partial charge in [-0.1, -0.05) is 6.92 Å². The van der Waals surface area contributed by atoms with E-state index in [1.54, 1.807) is 17.6 Å². The average Bonchev–Trinajstić information content (AvgIpc) is 2.88. The number of rotatable bonds is 4. The molecule has 0 fully saturated rings. The first-order chi connectivity index (χ1) is 7.29. The Kier molecular flexibility index (Phi) is 3.18. The van der Waals surface area contributed by atoms with Gasteiger partial charge in [0, 0.05) is 17.0 Å². The Labute approximate surface area is 92.9 Å². The lowest BCUT2D eigenvalue weighted by molar-refractivity contribution is 0.520. The van der Waals surface area contributed by atoms with Crippen LogP contribution >= 0.6 is 11.3 Å². The molecule has 0 radical (unpaired) electrons. The number of nitrogens with two attached hydrogens (primary N) is 1. The standard InChI is InChI=1S/C11H14N2OS/c1-8(6-12)10-7-13-11(15-10)5-9-3-2-4-14-9/h2-4,7-8H,5-6,12H2,1H3. The van der Waals surface area contributed by atoms with Gasteiger partial charge < -0.3 is 10.2 Å². The predicted molar refractivity (Wildman–Crippen MR) is 61.1 cm³/mol. The molecule has 15 heavy (non-hydrogen) atoms. The van der Waals surface area contributed by atoms with Gasteiger partial charge in [0.05, 0.1) is 12.7 Å². The maximum Gasteiger partial charge on any atom is 0.110 e. The van der Waals surface area contributed by atoms with Crippen LogP contribution in [0.5, 0.6) is 0 Å². The molecule has 0 aliphatic heterocycles. The van der Waals surface area contributed by atoms with Crippen LogP contribution in [0.15, 0.2) is 29.0 Å². The molecule has 0 amide bonds. The molecule has 1 unspecified atom stereocenters. The Bertz CT molecular complexity index is 408. The lowest BCUT2D eigenvalue weighted by Gasteiger charge is -2.01. The summed E-state index contributed by atoms with van der Waals surface area (Å²) in [5.74, 6) is 1.35. The summed E-state index contributed by atoms with van der Waals surface area (Å²) in [6.07, 6.45) is 4.38. The van der Waals surface area contributed by atoms with E-state index >= 15 is 0 Å². The molecule has 2 N–H and O–H groups in total. The lowest BCUT2D eigenvalue weighted by Crippen LogP contribution is -2.07. The minimum Gasteiger partial charge on any atom is -0.469 e. The molecule has 2 aromatic rings. The van der Waals surface area contributed by atoms with Crippen molar-refractivity contribution in [3.05, 3.63) is 40.2 Å². The van der Waals surface area contributed by atoms with Crippen molar-refractivity contribution in [1.82, 2.24) is 4.98 Å². The van der Waals surface area contributed by atoms with E-state index in [1.165, 1.54) is 4.88 Å². The zero-order valence-corrected chi connectivity index (χ0v) is 9.46. The molecule has 0 saturated heterocycles. The molecule has 0 aliphatic carbocycles. The van der Waals surface area contributed by atoms with Crippen molar-refractivity contribution in [2.24, 2.45) is 5.73 Å².